The van der Waals surface area contributed by atoms with Gasteiger partial charge in [-0.25, -0.2) is 13.6 Å². The second-order valence-electron chi connectivity index (χ2n) is 5.36. The second kappa shape index (κ2) is 6.59. The number of nitro groups is 1. The fourth-order valence-electron chi connectivity index (χ4n) is 2.42. The van der Waals surface area contributed by atoms with Crippen LogP contribution in [0.15, 0.2) is 23.1 Å². The van der Waals surface area contributed by atoms with Crippen molar-refractivity contribution in [3.63, 3.8) is 0 Å². The van der Waals surface area contributed by atoms with Gasteiger partial charge in [0, 0.05) is 38.0 Å². The van der Waals surface area contributed by atoms with Crippen LogP contribution in [-0.2, 0) is 14.8 Å². The third-order valence-corrected chi connectivity index (χ3v) is 4.50. The van der Waals surface area contributed by atoms with Crippen LogP contribution >= 0.6 is 0 Å². The number of hydrogen-bond donors (Lipinski definition) is 1. The van der Waals surface area contributed by atoms with Gasteiger partial charge in [-0.05, 0) is 25.3 Å². The Labute approximate surface area is 129 Å². The van der Waals surface area contributed by atoms with E-state index < -0.39 is 14.9 Å². The first-order valence-corrected chi connectivity index (χ1v) is 8.47. The van der Waals surface area contributed by atoms with Gasteiger partial charge in [0.25, 0.3) is 5.69 Å². The molecular weight excluding hydrogens is 310 g/mol. The lowest BCUT2D eigenvalue weighted by Crippen LogP contribution is -2.33. The molecule has 0 spiro atoms. The molecule has 1 aliphatic rings. The number of benzene rings is 1. The summed E-state index contributed by atoms with van der Waals surface area (Å²) in [5.41, 5.74) is 0.116. The largest absolute Gasteiger partial charge is 0.376 e. The lowest BCUT2D eigenvalue weighted by atomic mass is 10.1. The molecule has 1 aliphatic heterocycles. The fraction of sp³-hybridized carbons (Fsp3) is 0.538. The van der Waals surface area contributed by atoms with Crippen LogP contribution in [0.5, 0.6) is 0 Å². The van der Waals surface area contributed by atoms with E-state index in [0.29, 0.717) is 18.8 Å². The Bertz CT molecular complexity index is 656. The van der Waals surface area contributed by atoms with Crippen LogP contribution in [0.1, 0.15) is 19.3 Å². The number of nitrogens with zero attached hydrogens (tertiary/aromatic N) is 2. The van der Waals surface area contributed by atoms with E-state index in [1.165, 1.54) is 12.1 Å². The SMILES string of the molecule is CN(CC1CCCCO1)c1cc([N+](=O)[O-])cc(S(N)(=O)=O)c1. The number of primary sulfonamides is 1. The molecule has 2 N–H and O–H groups in total. The minimum absolute atomic E-state index is 0.0379. The van der Waals surface area contributed by atoms with E-state index in [9.17, 15) is 18.5 Å². The average Bonchev–Trinajstić information content (AvgIpc) is 2.46. The molecule has 9 heteroatoms. The number of rotatable bonds is 5. The Balaban J connectivity index is 2.28. The zero-order valence-electron chi connectivity index (χ0n) is 12.3. The van der Waals surface area contributed by atoms with Crippen LogP contribution in [0, 0.1) is 10.1 Å². The molecule has 0 aliphatic carbocycles. The molecule has 1 fully saturated rings. The van der Waals surface area contributed by atoms with Gasteiger partial charge in [0.2, 0.25) is 10.0 Å². The van der Waals surface area contributed by atoms with Gasteiger partial charge in [0.1, 0.15) is 0 Å². The molecule has 0 amide bonds. The number of hydrogen-bond acceptors (Lipinski definition) is 6. The van der Waals surface area contributed by atoms with Crippen LogP contribution in [0.2, 0.25) is 0 Å². The monoisotopic (exact) mass is 329 g/mol. The van der Waals surface area contributed by atoms with Crippen LogP contribution < -0.4 is 10.0 Å². The van der Waals surface area contributed by atoms with E-state index in [0.717, 1.165) is 25.3 Å². The van der Waals surface area contributed by atoms with Crippen molar-refractivity contribution < 1.29 is 18.1 Å². The highest BCUT2D eigenvalue weighted by Crippen LogP contribution is 2.26. The van der Waals surface area contributed by atoms with E-state index >= 15 is 0 Å². The Morgan fingerprint density at radius 3 is 2.68 bits per heavy atom. The number of nitrogens with two attached hydrogens (primary N) is 1. The fourth-order valence-corrected chi connectivity index (χ4v) is 2.99. The molecule has 1 unspecified atom stereocenters. The topological polar surface area (TPSA) is 116 Å². The van der Waals surface area contributed by atoms with Crippen LogP contribution in [-0.4, -0.2) is 39.6 Å². The van der Waals surface area contributed by atoms with Gasteiger partial charge >= 0.3 is 0 Å². The summed E-state index contributed by atoms with van der Waals surface area (Å²) in [6, 6.07) is 3.63. The van der Waals surface area contributed by atoms with E-state index in [1.54, 1.807) is 11.9 Å². The summed E-state index contributed by atoms with van der Waals surface area (Å²) in [5, 5.41) is 16.1. The van der Waals surface area contributed by atoms with Crippen molar-refractivity contribution in [1.82, 2.24) is 0 Å². The average molecular weight is 329 g/mol. The van der Waals surface area contributed by atoms with Crippen molar-refractivity contribution in [1.29, 1.82) is 0 Å². The van der Waals surface area contributed by atoms with Crippen LogP contribution in [0.3, 0.4) is 0 Å². The van der Waals surface area contributed by atoms with Gasteiger partial charge in [-0.2, -0.15) is 0 Å². The van der Waals surface area contributed by atoms with Crippen LogP contribution in [0.4, 0.5) is 11.4 Å². The first-order chi connectivity index (χ1) is 10.3. The first kappa shape index (κ1) is 16.7. The predicted octanol–water partition coefficient (Wildman–Crippen LogP) is 1.25. The molecule has 1 atom stereocenters. The summed E-state index contributed by atoms with van der Waals surface area (Å²) in [6.07, 6.45) is 3.07. The summed E-state index contributed by atoms with van der Waals surface area (Å²) in [5.74, 6) is 0. The molecule has 2 rings (SSSR count). The molecule has 22 heavy (non-hydrogen) atoms. The van der Waals surface area contributed by atoms with Crippen molar-refractivity contribution >= 4 is 21.4 Å². The number of likely N-dealkylation sites (N-methyl/N-ethyl adjacent to an activating group) is 1. The molecule has 122 valence electrons. The summed E-state index contributed by atoms with van der Waals surface area (Å²) >= 11 is 0. The molecule has 1 saturated heterocycles. The standard InChI is InChI=1S/C13H19N3O5S/c1-15(9-12-4-2-3-5-21-12)10-6-11(16(17)18)8-13(7-10)22(14,19)20/h6-8,12H,2-5,9H2,1H3,(H2,14,19,20). The Morgan fingerprint density at radius 2 is 2.14 bits per heavy atom. The van der Waals surface area contributed by atoms with Crippen LogP contribution in [0.25, 0.3) is 0 Å². The molecule has 1 aromatic rings. The maximum Gasteiger partial charge on any atom is 0.272 e. The first-order valence-electron chi connectivity index (χ1n) is 6.92. The third-order valence-electron chi connectivity index (χ3n) is 3.61. The normalized spacial score (nSPS) is 18.9. The highest BCUT2D eigenvalue weighted by Gasteiger charge is 2.20. The highest BCUT2D eigenvalue weighted by atomic mass is 32.2. The number of non-ortho nitro benzene ring substituents is 1. The van der Waals surface area contributed by atoms with Crippen molar-refractivity contribution in [2.75, 3.05) is 25.1 Å². The molecule has 0 bridgehead atoms. The van der Waals surface area contributed by atoms with E-state index in [2.05, 4.69) is 0 Å². The van der Waals surface area contributed by atoms with Crippen molar-refractivity contribution in [2.24, 2.45) is 5.14 Å². The van der Waals surface area contributed by atoms with E-state index in [-0.39, 0.29) is 16.7 Å². The second-order valence-corrected chi connectivity index (χ2v) is 6.92. The number of sulfonamides is 1. The minimum Gasteiger partial charge on any atom is -0.376 e. The van der Waals surface area contributed by atoms with Gasteiger partial charge in [-0.1, -0.05) is 0 Å². The van der Waals surface area contributed by atoms with Gasteiger partial charge in [-0.3, -0.25) is 10.1 Å². The lowest BCUT2D eigenvalue weighted by Gasteiger charge is -2.28. The molecule has 1 aromatic carbocycles. The molecule has 8 nitrogen and oxygen atoms in total. The quantitative estimate of drug-likeness (QED) is 0.642. The van der Waals surface area contributed by atoms with Crippen molar-refractivity contribution in [3.8, 4) is 0 Å². The Morgan fingerprint density at radius 1 is 1.41 bits per heavy atom. The van der Waals surface area contributed by atoms with Gasteiger partial charge in [0.05, 0.1) is 15.9 Å². The number of nitro benzene ring substituents is 1. The Hall–Kier alpha value is -1.71. The van der Waals surface area contributed by atoms with Crippen molar-refractivity contribution in [3.05, 3.63) is 28.3 Å². The van der Waals surface area contributed by atoms with Gasteiger partial charge in [0.15, 0.2) is 0 Å². The third kappa shape index (κ3) is 4.15. The summed E-state index contributed by atoms with van der Waals surface area (Å²) in [7, 11) is -2.27. The summed E-state index contributed by atoms with van der Waals surface area (Å²) in [6.45, 7) is 1.24. The zero-order chi connectivity index (χ0) is 16.3. The smallest absolute Gasteiger partial charge is 0.272 e. The summed E-state index contributed by atoms with van der Waals surface area (Å²) < 4.78 is 28.6. The zero-order valence-corrected chi connectivity index (χ0v) is 13.1. The number of anilines is 1. The highest BCUT2D eigenvalue weighted by molar-refractivity contribution is 7.89. The molecule has 0 aromatic heterocycles. The van der Waals surface area contributed by atoms with Gasteiger partial charge in [-0.15, -0.1) is 0 Å². The molecule has 0 saturated carbocycles. The maximum absolute atomic E-state index is 11.5. The lowest BCUT2D eigenvalue weighted by molar-refractivity contribution is -0.385. The Kier molecular flexibility index (Phi) is 4.99. The van der Waals surface area contributed by atoms with E-state index in [4.69, 9.17) is 9.88 Å². The number of ether oxygens (including phenoxy) is 1. The molecule has 0 radical (unpaired) electrons. The molecule has 1 heterocycles. The van der Waals surface area contributed by atoms with Crippen molar-refractivity contribution in [2.45, 2.75) is 30.3 Å². The summed E-state index contributed by atoms with van der Waals surface area (Å²) in [4.78, 5) is 11.8. The maximum atomic E-state index is 11.5. The predicted molar refractivity (Wildman–Crippen MR) is 81.3 cm³/mol. The van der Waals surface area contributed by atoms with Gasteiger partial charge < -0.3 is 9.64 Å². The minimum atomic E-state index is -4.01. The molecular formula is C13H19N3O5S. The van der Waals surface area contributed by atoms with E-state index in [1.807, 2.05) is 0 Å².